The number of hydrogen-bond acceptors (Lipinski definition) is 2. The Labute approximate surface area is 158 Å². The average Bonchev–Trinajstić information content (AvgIpc) is 2.74. The van der Waals surface area contributed by atoms with Crippen LogP contribution in [0.5, 0.6) is 0 Å². The van der Waals surface area contributed by atoms with Gasteiger partial charge in [-0.1, -0.05) is 26.7 Å². The highest BCUT2D eigenvalue weighted by Crippen LogP contribution is 2.12. The van der Waals surface area contributed by atoms with Gasteiger partial charge < -0.3 is 10.6 Å². The van der Waals surface area contributed by atoms with Crippen molar-refractivity contribution in [3.8, 4) is 0 Å². The van der Waals surface area contributed by atoms with E-state index in [2.05, 4.69) is 50.4 Å². The largest absolute Gasteiger partial charge is 0.357 e. The molecule has 0 aliphatic rings. The standard InChI is InChI=1S/C17H33N5.HI/c1-7-15(8-2)12-20-17(18-9-3)19-11-10-16-13(4)21-22(6)14(16)5;/h15H,7-12H2,1-6H3,(H2,18,19,20);1H. The number of rotatable bonds is 8. The molecule has 0 saturated heterocycles. The molecule has 0 spiro atoms. The molecule has 1 heterocycles. The fourth-order valence-electron chi connectivity index (χ4n) is 2.59. The molecule has 0 saturated carbocycles. The molecule has 1 aromatic heterocycles. The van der Waals surface area contributed by atoms with Crippen molar-refractivity contribution in [2.75, 3.05) is 19.6 Å². The second kappa shape index (κ2) is 11.7. The van der Waals surface area contributed by atoms with E-state index in [-0.39, 0.29) is 24.0 Å². The minimum Gasteiger partial charge on any atom is -0.357 e. The molecule has 2 N–H and O–H groups in total. The maximum absolute atomic E-state index is 4.71. The third kappa shape index (κ3) is 7.10. The van der Waals surface area contributed by atoms with Crippen LogP contribution in [-0.2, 0) is 13.5 Å². The number of aliphatic imine (C=N–C) groups is 1. The molecule has 0 aliphatic heterocycles. The molecular formula is C17H34IN5. The molecule has 6 heteroatoms. The number of nitrogens with zero attached hydrogens (tertiary/aromatic N) is 3. The lowest BCUT2D eigenvalue weighted by molar-refractivity contribution is 0.504. The summed E-state index contributed by atoms with van der Waals surface area (Å²) in [5.41, 5.74) is 3.71. The molecule has 1 aromatic rings. The monoisotopic (exact) mass is 435 g/mol. The van der Waals surface area contributed by atoms with Crippen LogP contribution in [0.2, 0.25) is 0 Å². The van der Waals surface area contributed by atoms with Crippen molar-refractivity contribution in [3.05, 3.63) is 17.0 Å². The second-order valence-electron chi connectivity index (χ2n) is 5.85. The molecule has 5 nitrogen and oxygen atoms in total. The van der Waals surface area contributed by atoms with Gasteiger partial charge in [0, 0.05) is 32.4 Å². The molecule has 0 fully saturated rings. The van der Waals surface area contributed by atoms with Crippen LogP contribution in [0, 0.1) is 19.8 Å². The van der Waals surface area contributed by atoms with Crippen molar-refractivity contribution in [1.82, 2.24) is 20.4 Å². The molecule has 0 aliphatic carbocycles. The number of aromatic nitrogens is 2. The molecule has 23 heavy (non-hydrogen) atoms. The lowest BCUT2D eigenvalue weighted by Crippen LogP contribution is -2.38. The summed E-state index contributed by atoms with van der Waals surface area (Å²) >= 11 is 0. The number of aryl methyl sites for hydroxylation is 2. The van der Waals surface area contributed by atoms with Gasteiger partial charge in [-0.15, -0.1) is 24.0 Å². The molecule has 0 radical (unpaired) electrons. The van der Waals surface area contributed by atoms with E-state index in [0.29, 0.717) is 5.92 Å². The third-order valence-corrected chi connectivity index (χ3v) is 4.33. The lowest BCUT2D eigenvalue weighted by atomic mass is 10.0. The van der Waals surface area contributed by atoms with E-state index in [9.17, 15) is 0 Å². The third-order valence-electron chi connectivity index (χ3n) is 4.33. The average molecular weight is 435 g/mol. The molecule has 0 bridgehead atoms. The van der Waals surface area contributed by atoms with E-state index in [4.69, 9.17) is 4.99 Å². The van der Waals surface area contributed by atoms with Crippen LogP contribution in [0.15, 0.2) is 4.99 Å². The first-order valence-electron chi connectivity index (χ1n) is 8.54. The Balaban J connectivity index is 0.00000484. The topological polar surface area (TPSA) is 54.2 Å². The summed E-state index contributed by atoms with van der Waals surface area (Å²) in [5.74, 6) is 1.60. The van der Waals surface area contributed by atoms with Gasteiger partial charge in [-0.2, -0.15) is 5.10 Å². The number of guanidine groups is 1. The van der Waals surface area contributed by atoms with Crippen molar-refractivity contribution in [2.24, 2.45) is 18.0 Å². The highest BCUT2D eigenvalue weighted by atomic mass is 127. The minimum absolute atomic E-state index is 0. The van der Waals surface area contributed by atoms with Crippen molar-refractivity contribution in [3.63, 3.8) is 0 Å². The van der Waals surface area contributed by atoms with Gasteiger partial charge in [-0.3, -0.25) is 9.67 Å². The highest BCUT2D eigenvalue weighted by Gasteiger charge is 2.09. The Morgan fingerprint density at radius 2 is 1.83 bits per heavy atom. The van der Waals surface area contributed by atoms with Crippen molar-refractivity contribution in [1.29, 1.82) is 0 Å². The van der Waals surface area contributed by atoms with Crippen LogP contribution >= 0.6 is 24.0 Å². The molecule has 0 atom stereocenters. The van der Waals surface area contributed by atoms with Gasteiger partial charge >= 0.3 is 0 Å². The predicted molar refractivity (Wildman–Crippen MR) is 110 cm³/mol. The Bertz CT molecular complexity index is 478. The molecule has 134 valence electrons. The Morgan fingerprint density at radius 1 is 1.17 bits per heavy atom. The molecule has 0 amide bonds. The first kappa shape index (κ1) is 22.2. The van der Waals surface area contributed by atoms with E-state index < -0.39 is 0 Å². The number of hydrogen-bond donors (Lipinski definition) is 2. The number of halogens is 1. The Morgan fingerprint density at radius 3 is 2.30 bits per heavy atom. The van der Waals surface area contributed by atoms with E-state index in [1.165, 1.54) is 24.1 Å². The summed E-state index contributed by atoms with van der Waals surface area (Å²) in [6, 6.07) is 0. The van der Waals surface area contributed by atoms with Crippen LogP contribution in [0.1, 0.15) is 50.6 Å². The van der Waals surface area contributed by atoms with Crippen molar-refractivity contribution in [2.45, 2.75) is 53.9 Å². The van der Waals surface area contributed by atoms with E-state index in [0.717, 1.165) is 37.7 Å². The first-order valence-corrected chi connectivity index (χ1v) is 8.54. The van der Waals surface area contributed by atoms with Crippen molar-refractivity contribution < 1.29 is 0 Å². The summed E-state index contributed by atoms with van der Waals surface area (Å²) in [6.45, 7) is 13.4. The fourth-order valence-corrected chi connectivity index (χ4v) is 2.59. The minimum atomic E-state index is 0. The zero-order chi connectivity index (χ0) is 16.5. The molecule has 0 unspecified atom stereocenters. The summed E-state index contributed by atoms with van der Waals surface area (Å²) in [7, 11) is 2.00. The zero-order valence-electron chi connectivity index (χ0n) is 15.6. The highest BCUT2D eigenvalue weighted by molar-refractivity contribution is 14.0. The summed E-state index contributed by atoms with van der Waals surface area (Å²) < 4.78 is 1.96. The summed E-state index contributed by atoms with van der Waals surface area (Å²) in [6.07, 6.45) is 3.35. The zero-order valence-corrected chi connectivity index (χ0v) is 17.9. The molecular weight excluding hydrogens is 401 g/mol. The van der Waals surface area contributed by atoms with Crippen LogP contribution in [0.25, 0.3) is 0 Å². The maximum Gasteiger partial charge on any atom is 0.191 e. The number of nitrogens with one attached hydrogen (secondary N) is 2. The van der Waals surface area contributed by atoms with Crippen LogP contribution < -0.4 is 10.6 Å². The quantitative estimate of drug-likeness (QED) is 0.375. The van der Waals surface area contributed by atoms with Gasteiger partial charge in [0.15, 0.2) is 5.96 Å². The normalized spacial score (nSPS) is 11.5. The van der Waals surface area contributed by atoms with Crippen LogP contribution in [-0.4, -0.2) is 35.4 Å². The SMILES string of the molecule is CCNC(=NCC(CC)CC)NCCc1c(C)nn(C)c1C.I. The van der Waals surface area contributed by atoms with Gasteiger partial charge in [0.25, 0.3) is 0 Å². The Hall–Kier alpha value is -0.790. The summed E-state index contributed by atoms with van der Waals surface area (Å²) in [4.78, 5) is 4.71. The van der Waals surface area contributed by atoms with E-state index in [1.54, 1.807) is 0 Å². The second-order valence-corrected chi connectivity index (χ2v) is 5.85. The van der Waals surface area contributed by atoms with Crippen molar-refractivity contribution >= 4 is 29.9 Å². The molecule has 1 rings (SSSR count). The van der Waals surface area contributed by atoms with Crippen LogP contribution in [0.4, 0.5) is 0 Å². The Kier molecular flexibility index (Phi) is 11.3. The first-order chi connectivity index (χ1) is 10.5. The van der Waals surface area contributed by atoms with Gasteiger partial charge in [0.1, 0.15) is 0 Å². The van der Waals surface area contributed by atoms with E-state index >= 15 is 0 Å². The summed E-state index contributed by atoms with van der Waals surface area (Å²) in [5, 5.41) is 11.2. The van der Waals surface area contributed by atoms with Gasteiger partial charge in [-0.05, 0) is 38.7 Å². The van der Waals surface area contributed by atoms with Crippen LogP contribution in [0.3, 0.4) is 0 Å². The van der Waals surface area contributed by atoms with E-state index in [1.807, 2.05) is 11.7 Å². The fraction of sp³-hybridized carbons (Fsp3) is 0.765. The lowest BCUT2D eigenvalue weighted by Gasteiger charge is -2.14. The smallest absolute Gasteiger partial charge is 0.191 e. The predicted octanol–water partition coefficient (Wildman–Crippen LogP) is 3.19. The maximum atomic E-state index is 4.71. The van der Waals surface area contributed by atoms with Gasteiger partial charge in [0.2, 0.25) is 0 Å². The molecule has 0 aromatic carbocycles. The van der Waals surface area contributed by atoms with Gasteiger partial charge in [0.05, 0.1) is 5.69 Å². The van der Waals surface area contributed by atoms with Gasteiger partial charge in [-0.25, -0.2) is 0 Å².